The number of hydrogen-bond donors (Lipinski definition) is 2. The number of aromatic nitrogens is 2. The molecule has 8 nitrogen and oxygen atoms in total. The summed E-state index contributed by atoms with van der Waals surface area (Å²) in [5.41, 5.74) is 9.91. The fourth-order valence-electron chi connectivity index (χ4n) is 5.29. The van der Waals surface area contributed by atoms with Crippen LogP contribution in [0.3, 0.4) is 0 Å². The molecule has 2 heterocycles. The van der Waals surface area contributed by atoms with Gasteiger partial charge >= 0.3 is 0 Å². The molecule has 1 aromatic heterocycles. The van der Waals surface area contributed by atoms with Crippen molar-refractivity contribution >= 4 is 11.8 Å². The fourth-order valence-corrected chi connectivity index (χ4v) is 5.29. The Kier molecular flexibility index (Phi) is 8.72. The van der Waals surface area contributed by atoms with Gasteiger partial charge in [0.25, 0.3) is 0 Å². The van der Waals surface area contributed by atoms with Gasteiger partial charge < -0.3 is 25.1 Å². The quantitative estimate of drug-likeness (QED) is 0.371. The second-order valence-electron chi connectivity index (χ2n) is 10.1. The maximum Gasteiger partial charge on any atom is 0.227 e. The third-order valence-electron chi connectivity index (χ3n) is 7.57. The Labute approximate surface area is 229 Å². The molecule has 3 N–H and O–H groups in total. The van der Waals surface area contributed by atoms with Crippen molar-refractivity contribution in [3.05, 3.63) is 82.9 Å². The summed E-state index contributed by atoms with van der Waals surface area (Å²) in [5, 5.41) is 0. The number of likely N-dealkylation sites (tertiary alicyclic amines) is 1. The summed E-state index contributed by atoms with van der Waals surface area (Å²) in [6.07, 6.45) is 2.22. The van der Waals surface area contributed by atoms with E-state index in [1.54, 1.807) is 25.3 Å². The monoisotopic (exact) mass is 528 g/mol. The number of imidazole rings is 1. The summed E-state index contributed by atoms with van der Waals surface area (Å²) in [6.45, 7) is 6.71. The summed E-state index contributed by atoms with van der Waals surface area (Å²) >= 11 is 0. The third-order valence-corrected chi connectivity index (χ3v) is 7.57. The van der Waals surface area contributed by atoms with Gasteiger partial charge in [0.1, 0.15) is 18.0 Å². The van der Waals surface area contributed by atoms with Gasteiger partial charge in [-0.25, -0.2) is 4.98 Å². The van der Waals surface area contributed by atoms with E-state index in [0.717, 1.165) is 33.8 Å². The number of hydrogen-bond acceptors (Lipinski definition) is 5. The number of carbonyl (C=O) groups is 2. The van der Waals surface area contributed by atoms with E-state index >= 15 is 0 Å². The molecule has 204 valence electrons. The lowest BCUT2D eigenvalue weighted by Gasteiger charge is -2.51. The minimum Gasteiger partial charge on any atom is -0.497 e. The van der Waals surface area contributed by atoms with Crippen molar-refractivity contribution < 1.29 is 19.1 Å². The van der Waals surface area contributed by atoms with Crippen LogP contribution in [0.4, 0.5) is 0 Å². The van der Waals surface area contributed by atoms with Crippen molar-refractivity contribution in [3.63, 3.8) is 0 Å². The first-order valence-corrected chi connectivity index (χ1v) is 13.1. The molecule has 2 amide bonds. The van der Waals surface area contributed by atoms with E-state index in [4.69, 9.17) is 15.2 Å². The maximum absolute atomic E-state index is 14.1. The van der Waals surface area contributed by atoms with E-state index in [-0.39, 0.29) is 18.9 Å². The molecule has 39 heavy (non-hydrogen) atoms. The van der Waals surface area contributed by atoms with Crippen LogP contribution in [-0.4, -0.2) is 53.5 Å². The molecule has 8 heteroatoms. The number of H-pyrrole nitrogens is 1. The highest BCUT2D eigenvalue weighted by atomic mass is 16.5. The van der Waals surface area contributed by atoms with Crippen LogP contribution in [0, 0.1) is 37.5 Å². The molecule has 0 radical (unpaired) electrons. The van der Waals surface area contributed by atoms with Gasteiger partial charge in [0, 0.05) is 12.1 Å². The third kappa shape index (κ3) is 6.15. The van der Waals surface area contributed by atoms with Crippen molar-refractivity contribution in [2.75, 3.05) is 26.8 Å². The fraction of sp³-hybridized carbons (Fsp3) is 0.387. The Morgan fingerprint density at radius 1 is 1.10 bits per heavy atom. The van der Waals surface area contributed by atoms with Crippen molar-refractivity contribution in [1.82, 2.24) is 14.9 Å². The Morgan fingerprint density at radius 2 is 1.82 bits per heavy atom. The molecule has 0 aliphatic carbocycles. The van der Waals surface area contributed by atoms with Crippen molar-refractivity contribution in [3.8, 4) is 17.6 Å². The normalized spacial score (nSPS) is 15.4. The molecule has 0 saturated carbocycles. The number of aromatic amines is 1. The average molecular weight is 529 g/mol. The molecule has 0 spiro atoms. The number of aryl methyl sites for hydroxylation is 2. The average Bonchev–Trinajstić information content (AvgIpc) is 3.32. The molecular weight excluding hydrogens is 492 g/mol. The Balaban J connectivity index is 1.63. The maximum atomic E-state index is 14.1. The molecule has 1 fully saturated rings. The van der Waals surface area contributed by atoms with Gasteiger partial charge in [-0.3, -0.25) is 9.59 Å². The molecule has 2 atom stereocenters. The van der Waals surface area contributed by atoms with Crippen LogP contribution in [0.1, 0.15) is 35.0 Å². The minimum absolute atomic E-state index is 0.128. The number of primary amides is 1. The number of ether oxygens (including phenoxy) is 2. The van der Waals surface area contributed by atoms with E-state index in [2.05, 4.69) is 21.8 Å². The summed E-state index contributed by atoms with van der Waals surface area (Å²) in [7, 11) is 1.61. The van der Waals surface area contributed by atoms with Gasteiger partial charge in [-0.2, -0.15) is 0 Å². The number of carbonyl (C=O) groups excluding carboxylic acids is 2. The standard InChI is InChI=1S/C31H36N4O4/c1-5-6-15-39-31(27-10-8-7-9-21(27)2)18-35(19-31)30(37)26(16-23-11-13-24(38-4)14-12-23)25(29(32)36)17-28-22(3)33-20-34-28/h7-14,20,25-26H,15-19H2,1-4H3,(H2,32,36)(H,33,34)/t25?,26-/m1/s1. The van der Waals surface area contributed by atoms with Crippen LogP contribution >= 0.6 is 0 Å². The van der Waals surface area contributed by atoms with E-state index in [9.17, 15) is 9.59 Å². The van der Waals surface area contributed by atoms with E-state index in [1.807, 2.05) is 62.4 Å². The lowest BCUT2D eigenvalue weighted by Crippen LogP contribution is -2.64. The highest BCUT2D eigenvalue weighted by Crippen LogP contribution is 2.39. The molecular formula is C31H36N4O4. The Bertz CT molecular complexity index is 1360. The molecule has 1 saturated heterocycles. The summed E-state index contributed by atoms with van der Waals surface area (Å²) in [6, 6.07) is 15.6. The summed E-state index contributed by atoms with van der Waals surface area (Å²) < 4.78 is 11.6. The summed E-state index contributed by atoms with van der Waals surface area (Å²) in [4.78, 5) is 36.1. The van der Waals surface area contributed by atoms with Crippen LogP contribution < -0.4 is 10.5 Å². The van der Waals surface area contributed by atoms with Gasteiger partial charge in [-0.05, 0) is 56.0 Å². The number of methoxy groups -OCH3 is 1. The first-order valence-electron chi connectivity index (χ1n) is 13.1. The van der Waals surface area contributed by atoms with Crippen LogP contribution in [0.15, 0.2) is 54.9 Å². The van der Waals surface area contributed by atoms with Crippen LogP contribution in [0.5, 0.6) is 5.75 Å². The number of nitrogens with zero attached hydrogens (tertiary/aromatic N) is 2. The predicted molar refractivity (Wildman–Crippen MR) is 149 cm³/mol. The predicted octanol–water partition coefficient (Wildman–Crippen LogP) is 3.32. The van der Waals surface area contributed by atoms with Gasteiger partial charge in [-0.15, -0.1) is 5.92 Å². The zero-order chi connectivity index (χ0) is 28.0. The Hall–Kier alpha value is -4.09. The number of rotatable bonds is 11. The second-order valence-corrected chi connectivity index (χ2v) is 10.1. The van der Waals surface area contributed by atoms with E-state index in [1.165, 1.54) is 0 Å². The van der Waals surface area contributed by atoms with Gasteiger partial charge in [-0.1, -0.05) is 42.3 Å². The van der Waals surface area contributed by atoms with Gasteiger partial charge in [0.05, 0.1) is 44.1 Å². The highest BCUT2D eigenvalue weighted by Gasteiger charge is 2.50. The molecule has 0 bridgehead atoms. The van der Waals surface area contributed by atoms with Crippen LogP contribution in [0.25, 0.3) is 0 Å². The first kappa shape index (κ1) is 27.9. The van der Waals surface area contributed by atoms with E-state index < -0.39 is 23.3 Å². The molecule has 1 aliphatic rings. The number of nitrogens with one attached hydrogen (secondary N) is 1. The largest absolute Gasteiger partial charge is 0.497 e. The smallest absolute Gasteiger partial charge is 0.227 e. The van der Waals surface area contributed by atoms with E-state index in [0.29, 0.717) is 19.5 Å². The van der Waals surface area contributed by atoms with Gasteiger partial charge in [0.2, 0.25) is 11.8 Å². The SMILES string of the molecule is CC#CCOC1(c2ccccc2C)CN(C(=O)[C@H](Cc2ccc(OC)cc2)C(Cc2nc[nH]c2C)C(N)=O)C1. The second kappa shape index (κ2) is 12.2. The Morgan fingerprint density at radius 3 is 2.41 bits per heavy atom. The van der Waals surface area contributed by atoms with Crippen molar-refractivity contribution in [2.24, 2.45) is 17.6 Å². The zero-order valence-corrected chi connectivity index (χ0v) is 23.0. The highest BCUT2D eigenvalue weighted by molar-refractivity contribution is 5.88. The first-order chi connectivity index (χ1) is 18.8. The molecule has 2 aromatic carbocycles. The molecule has 1 aliphatic heterocycles. The van der Waals surface area contributed by atoms with Crippen molar-refractivity contribution in [2.45, 2.75) is 39.2 Å². The van der Waals surface area contributed by atoms with Crippen molar-refractivity contribution in [1.29, 1.82) is 0 Å². The van der Waals surface area contributed by atoms with Crippen LogP contribution in [-0.2, 0) is 32.8 Å². The molecule has 3 aromatic rings. The molecule has 4 rings (SSSR count). The van der Waals surface area contributed by atoms with Crippen LogP contribution in [0.2, 0.25) is 0 Å². The number of amides is 2. The summed E-state index contributed by atoms with van der Waals surface area (Å²) in [5.74, 6) is 4.51. The number of nitrogens with two attached hydrogens (primary N) is 1. The zero-order valence-electron chi connectivity index (χ0n) is 23.0. The van der Waals surface area contributed by atoms with Gasteiger partial charge in [0.15, 0.2) is 0 Å². The molecule has 1 unspecified atom stereocenters. The lowest BCUT2D eigenvalue weighted by atomic mass is 9.78. The topological polar surface area (TPSA) is 111 Å². The lowest BCUT2D eigenvalue weighted by molar-refractivity contribution is -0.174. The number of benzene rings is 2. The minimum atomic E-state index is -0.734.